The third-order valence-electron chi connectivity index (χ3n) is 8.65. The fraction of sp³-hybridized carbons (Fsp3) is 0.406. The SMILES string of the molecule is COC(=O)N(C)C1CCC(CC(=O)Nc2cc(-c3ccccc3F)c(-c3ccc(C4(N)CCC4)cc3)cn2)CC1. The summed E-state index contributed by atoms with van der Waals surface area (Å²) in [6.07, 6.45) is 8.20. The molecule has 0 atom stereocenters. The third-order valence-corrected chi connectivity index (χ3v) is 8.65. The Morgan fingerprint density at radius 3 is 2.38 bits per heavy atom. The minimum atomic E-state index is -0.340. The number of rotatable bonds is 7. The van der Waals surface area contributed by atoms with Crippen LogP contribution in [0.25, 0.3) is 22.3 Å². The van der Waals surface area contributed by atoms with Crippen LogP contribution in [0.3, 0.4) is 0 Å². The molecule has 2 fully saturated rings. The number of carbonyl (C=O) groups is 2. The molecule has 8 heteroatoms. The van der Waals surface area contributed by atoms with Gasteiger partial charge in [-0.1, -0.05) is 42.5 Å². The van der Waals surface area contributed by atoms with E-state index in [-0.39, 0.29) is 35.3 Å². The number of nitrogens with one attached hydrogen (secondary N) is 1. The summed E-state index contributed by atoms with van der Waals surface area (Å²) in [5.41, 5.74) is 10.1. The highest BCUT2D eigenvalue weighted by molar-refractivity contribution is 5.92. The lowest BCUT2D eigenvalue weighted by atomic mass is 9.72. The van der Waals surface area contributed by atoms with Gasteiger partial charge in [0.15, 0.2) is 0 Å². The lowest BCUT2D eigenvalue weighted by molar-refractivity contribution is -0.117. The second-order valence-electron chi connectivity index (χ2n) is 11.2. The van der Waals surface area contributed by atoms with Crippen molar-refractivity contribution in [1.29, 1.82) is 0 Å². The minimum Gasteiger partial charge on any atom is -0.453 e. The highest BCUT2D eigenvalue weighted by atomic mass is 19.1. The molecule has 0 saturated heterocycles. The van der Waals surface area contributed by atoms with Gasteiger partial charge < -0.3 is 20.7 Å². The number of methoxy groups -OCH3 is 1. The van der Waals surface area contributed by atoms with Crippen LogP contribution in [0, 0.1) is 11.7 Å². The molecular weight excluding hydrogens is 507 g/mol. The molecule has 2 aromatic carbocycles. The molecule has 1 aromatic heterocycles. The van der Waals surface area contributed by atoms with Crippen LogP contribution in [-0.4, -0.2) is 42.1 Å². The predicted octanol–water partition coefficient (Wildman–Crippen LogP) is 6.48. The average molecular weight is 545 g/mol. The van der Waals surface area contributed by atoms with Crippen LogP contribution in [0.2, 0.25) is 0 Å². The van der Waals surface area contributed by atoms with Crippen molar-refractivity contribution < 1.29 is 18.7 Å². The first-order valence-electron chi connectivity index (χ1n) is 14.0. The van der Waals surface area contributed by atoms with Crippen LogP contribution in [-0.2, 0) is 15.1 Å². The second kappa shape index (κ2) is 11.8. The molecule has 2 saturated carbocycles. The first kappa shape index (κ1) is 27.8. The zero-order chi connectivity index (χ0) is 28.3. The van der Waals surface area contributed by atoms with E-state index in [1.54, 1.807) is 42.4 Å². The second-order valence-corrected chi connectivity index (χ2v) is 11.2. The van der Waals surface area contributed by atoms with E-state index in [0.717, 1.165) is 61.6 Å². The molecule has 3 aromatic rings. The molecule has 1 heterocycles. The van der Waals surface area contributed by atoms with Gasteiger partial charge in [0, 0.05) is 42.4 Å². The quantitative estimate of drug-likeness (QED) is 0.355. The van der Waals surface area contributed by atoms with Gasteiger partial charge in [0.05, 0.1) is 7.11 Å². The third kappa shape index (κ3) is 5.87. The Labute approximate surface area is 234 Å². The van der Waals surface area contributed by atoms with Crippen molar-refractivity contribution in [3.63, 3.8) is 0 Å². The van der Waals surface area contributed by atoms with Crippen LogP contribution in [0.4, 0.5) is 15.0 Å². The molecule has 3 N–H and O–H groups in total. The Bertz CT molecular complexity index is 1360. The number of halogens is 1. The van der Waals surface area contributed by atoms with Gasteiger partial charge in [0.25, 0.3) is 0 Å². The molecule has 0 spiro atoms. The van der Waals surface area contributed by atoms with Crippen molar-refractivity contribution in [2.45, 2.75) is 62.9 Å². The average Bonchev–Trinajstić information content (AvgIpc) is 2.96. The van der Waals surface area contributed by atoms with Gasteiger partial charge in [-0.05, 0) is 79.7 Å². The van der Waals surface area contributed by atoms with Crippen molar-refractivity contribution in [2.24, 2.45) is 11.7 Å². The first-order valence-corrected chi connectivity index (χ1v) is 14.0. The van der Waals surface area contributed by atoms with Gasteiger partial charge in [-0.2, -0.15) is 0 Å². The van der Waals surface area contributed by atoms with Gasteiger partial charge in [-0.25, -0.2) is 14.2 Å². The zero-order valence-electron chi connectivity index (χ0n) is 23.2. The van der Waals surface area contributed by atoms with Crippen LogP contribution in [0.5, 0.6) is 0 Å². The highest BCUT2D eigenvalue weighted by Gasteiger charge is 2.34. The summed E-state index contributed by atoms with van der Waals surface area (Å²) in [4.78, 5) is 30.9. The molecule has 2 aliphatic rings. The van der Waals surface area contributed by atoms with E-state index < -0.39 is 0 Å². The van der Waals surface area contributed by atoms with Crippen LogP contribution in [0.15, 0.2) is 60.8 Å². The van der Waals surface area contributed by atoms with Gasteiger partial charge in [0.2, 0.25) is 5.91 Å². The van der Waals surface area contributed by atoms with Gasteiger partial charge in [0.1, 0.15) is 11.6 Å². The number of carbonyl (C=O) groups excluding carboxylic acids is 2. The standard InChI is InChI=1S/C32H37FN4O3/c1-37(31(39)40-2)24-14-8-21(9-15-24)18-30(38)36-29-19-26(25-6-3-4-7-28(25)33)27(20-35-29)22-10-12-23(13-11-22)32(34)16-5-17-32/h3-4,6-7,10-13,19-21,24H,5,8-9,14-18,34H2,1-2H3,(H,35,36,38). The first-order chi connectivity index (χ1) is 19.3. The van der Waals surface area contributed by atoms with Crippen LogP contribution < -0.4 is 11.1 Å². The van der Waals surface area contributed by atoms with E-state index in [4.69, 9.17) is 10.5 Å². The topological polar surface area (TPSA) is 97.5 Å². The number of anilines is 1. The Hall–Kier alpha value is -3.78. The lowest BCUT2D eigenvalue weighted by Gasteiger charge is -2.38. The fourth-order valence-corrected chi connectivity index (χ4v) is 5.97. The van der Waals surface area contributed by atoms with Crippen LogP contribution >= 0.6 is 0 Å². The van der Waals surface area contributed by atoms with Gasteiger partial charge >= 0.3 is 6.09 Å². The normalized spacial score (nSPS) is 19.8. The molecule has 0 unspecified atom stereocenters. The maximum atomic E-state index is 15.0. The van der Waals surface area contributed by atoms with E-state index >= 15 is 0 Å². The Morgan fingerprint density at radius 1 is 1.05 bits per heavy atom. The summed E-state index contributed by atoms with van der Waals surface area (Å²) >= 11 is 0. The molecule has 5 rings (SSSR count). The number of hydrogen-bond acceptors (Lipinski definition) is 5. The summed E-state index contributed by atoms with van der Waals surface area (Å²) in [6.45, 7) is 0. The van der Waals surface area contributed by atoms with E-state index in [0.29, 0.717) is 23.4 Å². The molecule has 210 valence electrons. The summed E-state index contributed by atoms with van der Waals surface area (Å²) in [6, 6.07) is 16.6. The fourth-order valence-electron chi connectivity index (χ4n) is 5.97. The number of benzene rings is 2. The summed E-state index contributed by atoms with van der Waals surface area (Å²) in [7, 11) is 3.14. The Kier molecular flexibility index (Phi) is 8.17. The Balaban J connectivity index is 1.31. The largest absolute Gasteiger partial charge is 0.453 e. The number of nitrogens with two attached hydrogens (primary N) is 1. The maximum absolute atomic E-state index is 15.0. The molecule has 2 aliphatic carbocycles. The zero-order valence-corrected chi connectivity index (χ0v) is 23.2. The Morgan fingerprint density at radius 2 is 1.75 bits per heavy atom. The van der Waals surface area contributed by atoms with Crippen molar-refractivity contribution >= 4 is 17.8 Å². The molecule has 7 nitrogen and oxygen atoms in total. The van der Waals surface area contributed by atoms with Crippen molar-refractivity contribution in [1.82, 2.24) is 9.88 Å². The van der Waals surface area contributed by atoms with E-state index in [1.165, 1.54) is 13.2 Å². The van der Waals surface area contributed by atoms with E-state index in [9.17, 15) is 14.0 Å². The van der Waals surface area contributed by atoms with Crippen molar-refractivity contribution in [2.75, 3.05) is 19.5 Å². The van der Waals surface area contributed by atoms with E-state index in [1.807, 2.05) is 24.3 Å². The number of aromatic nitrogens is 1. The number of pyridine rings is 1. The molecular formula is C32H37FN4O3. The molecule has 40 heavy (non-hydrogen) atoms. The summed E-state index contributed by atoms with van der Waals surface area (Å²) in [5.74, 6) is 0.154. The van der Waals surface area contributed by atoms with Gasteiger partial charge in [-0.3, -0.25) is 4.79 Å². The predicted molar refractivity (Wildman–Crippen MR) is 154 cm³/mol. The molecule has 0 bridgehead atoms. The maximum Gasteiger partial charge on any atom is 0.409 e. The minimum absolute atomic E-state index is 0.123. The van der Waals surface area contributed by atoms with Crippen LogP contribution in [0.1, 0.15) is 56.9 Å². The lowest BCUT2D eigenvalue weighted by Crippen LogP contribution is -2.43. The molecule has 2 amide bonds. The number of amides is 2. The number of nitrogens with zero attached hydrogens (tertiary/aromatic N) is 2. The smallest absolute Gasteiger partial charge is 0.409 e. The van der Waals surface area contributed by atoms with E-state index in [2.05, 4.69) is 10.3 Å². The monoisotopic (exact) mass is 544 g/mol. The van der Waals surface area contributed by atoms with Crippen molar-refractivity contribution in [3.05, 3.63) is 72.2 Å². The number of hydrogen-bond donors (Lipinski definition) is 2. The summed E-state index contributed by atoms with van der Waals surface area (Å²) < 4.78 is 19.8. The molecule has 0 radical (unpaired) electrons. The number of ether oxygens (including phenoxy) is 1. The van der Waals surface area contributed by atoms with Crippen molar-refractivity contribution in [3.8, 4) is 22.3 Å². The highest BCUT2D eigenvalue weighted by Crippen LogP contribution is 2.40. The summed E-state index contributed by atoms with van der Waals surface area (Å²) in [5, 5.41) is 2.93. The van der Waals surface area contributed by atoms with Gasteiger partial charge in [-0.15, -0.1) is 0 Å². The molecule has 0 aliphatic heterocycles.